The summed E-state index contributed by atoms with van der Waals surface area (Å²) in [7, 11) is -5.39. The second-order valence-corrected chi connectivity index (χ2v) is 1.34. The van der Waals surface area contributed by atoms with E-state index in [0.29, 0.717) is 0 Å². The molecule has 0 aromatic carbocycles. The topological polar surface area (TPSA) is 86.2 Å². The predicted molar refractivity (Wildman–Crippen MR) is 24.7 cm³/mol. The Morgan fingerprint density at radius 2 is 1.14 bits per heavy atom. The van der Waals surface area contributed by atoms with Gasteiger partial charge in [-0.3, -0.25) is 0 Å². The van der Waals surface area contributed by atoms with E-state index in [1.54, 1.807) is 0 Å². The molecule has 0 spiro atoms. The van der Waals surface area contributed by atoms with Crippen LogP contribution in [0.1, 0.15) is 0 Å². The summed E-state index contributed by atoms with van der Waals surface area (Å²) < 4.78 is 8.55. The van der Waals surface area contributed by atoms with Crippen LogP contribution in [0.2, 0.25) is 0 Å². The predicted octanol–water partition coefficient (Wildman–Crippen LogP) is -4.66. The van der Waals surface area contributed by atoms with Crippen molar-refractivity contribution < 1.29 is 19.2 Å². The number of rotatable bonds is 0. The molecule has 0 radical (unpaired) electrons. The molecule has 0 rings (SSSR count). The Kier molecular flexibility index (Phi) is 12.0. The molecule has 7 heavy (non-hydrogen) atoms. The molecular weight excluding hydrogens is 238 g/mol. The SMILES string of the molecule is O=P([O-])([O-])[O-].[In+3].[SiH4]. The molecule has 0 unspecified atom stereocenters. The largest absolute Gasteiger partial charge is 3.00 e. The van der Waals surface area contributed by atoms with Crippen LogP contribution < -0.4 is 14.7 Å². The van der Waals surface area contributed by atoms with Crippen molar-refractivity contribution >= 4 is 44.6 Å². The van der Waals surface area contributed by atoms with Gasteiger partial charge in [0.2, 0.25) is 0 Å². The van der Waals surface area contributed by atoms with Crippen LogP contribution in [0, 0.1) is 0 Å². The first-order valence-electron chi connectivity index (χ1n) is 0.730. The molecule has 0 amide bonds. The molecule has 0 aliphatic heterocycles. The Bertz CT molecular complexity index is 57.8. The Morgan fingerprint density at radius 3 is 1.14 bits per heavy atom. The van der Waals surface area contributed by atoms with Crippen molar-refractivity contribution in [3.05, 3.63) is 0 Å². The monoisotopic (exact) mass is 242 g/mol. The first kappa shape index (κ1) is 15.7. The molecule has 0 aliphatic carbocycles. The molecule has 4 nitrogen and oxygen atoms in total. The summed E-state index contributed by atoms with van der Waals surface area (Å²) in [5.74, 6) is 0. The Balaban J connectivity index is -0.0000000800. The fourth-order valence-electron chi connectivity index (χ4n) is 0. The number of hydrogen-bond acceptors (Lipinski definition) is 4. The molecule has 40 valence electrons. The maximum absolute atomic E-state index is 8.55. The molecule has 0 fully saturated rings. The minimum Gasteiger partial charge on any atom is -0.822 e. The van der Waals surface area contributed by atoms with Crippen molar-refractivity contribution in [1.82, 2.24) is 0 Å². The molecule has 0 aromatic rings. The van der Waals surface area contributed by atoms with Gasteiger partial charge in [0.1, 0.15) is 0 Å². The third-order valence-corrected chi connectivity index (χ3v) is 0. The van der Waals surface area contributed by atoms with Crippen LogP contribution in [-0.2, 0) is 4.57 Å². The normalized spacial score (nSPS) is 8.43. The van der Waals surface area contributed by atoms with E-state index in [-0.39, 0.29) is 36.8 Å². The zero-order chi connectivity index (χ0) is 4.50. The van der Waals surface area contributed by atoms with Gasteiger partial charge < -0.3 is 19.2 Å². The van der Waals surface area contributed by atoms with Gasteiger partial charge in [0.05, 0.1) is 0 Å². The van der Waals surface area contributed by atoms with Crippen LogP contribution >= 0.6 is 7.82 Å². The Morgan fingerprint density at radius 1 is 1.14 bits per heavy atom. The summed E-state index contributed by atoms with van der Waals surface area (Å²) in [6.45, 7) is 0. The fourth-order valence-corrected chi connectivity index (χ4v) is 0. The van der Waals surface area contributed by atoms with E-state index >= 15 is 0 Å². The van der Waals surface area contributed by atoms with Gasteiger partial charge in [-0.15, -0.1) is 0 Å². The molecule has 0 aliphatic rings. The first-order valence-corrected chi connectivity index (χ1v) is 2.19. The summed E-state index contributed by atoms with van der Waals surface area (Å²) in [4.78, 5) is 25.6. The van der Waals surface area contributed by atoms with E-state index in [2.05, 4.69) is 0 Å². The second kappa shape index (κ2) is 5.34. The summed E-state index contributed by atoms with van der Waals surface area (Å²) in [5.41, 5.74) is 0. The molecule has 0 saturated heterocycles. The van der Waals surface area contributed by atoms with Crippen LogP contribution in [0.3, 0.4) is 0 Å². The zero-order valence-corrected chi connectivity index (χ0v) is 6.85. The van der Waals surface area contributed by atoms with Crippen LogP contribution in [0.25, 0.3) is 0 Å². The summed E-state index contributed by atoms with van der Waals surface area (Å²) in [5, 5.41) is 0. The van der Waals surface area contributed by atoms with E-state index in [1.807, 2.05) is 0 Å². The third-order valence-electron chi connectivity index (χ3n) is 0. The molecule has 0 atom stereocenters. The minimum absolute atomic E-state index is 0. The van der Waals surface area contributed by atoms with Gasteiger partial charge in [-0.05, 0) is 11.0 Å². The van der Waals surface area contributed by atoms with Crippen molar-refractivity contribution in [3.63, 3.8) is 0 Å². The van der Waals surface area contributed by atoms with E-state index in [1.165, 1.54) is 0 Å². The average Bonchev–Trinajstić information content (AvgIpc) is 0.722. The van der Waals surface area contributed by atoms with E-state index in [4.69, 9.17) is 19.2 Å². The van der Waals surface area contributed by atoms with E-state index in [0.717, 1.165) is 0 Å². The smallest absolute Gasteiger partial charge is 0.822 e. The van der Waals surface area contributed by atoms with Gasteiger partial charge >= 0.3 is 25.8 Å². The molecule has 0 bridgehead atoms. The average molecular weight is 242 g/mol. The molecule has 0 heterocycles. The van der Waals surface area contributed by atoms with Gasteiger partial charge in [-0.1, -0.05) is 0 Å². The quantitative estimate of drug-likeness (QED) is 0.315. The maximum Gasteiger partial charge on any atom is 3.00 e. The van der Waals surface area contributed by atoms with Crippen LogP contribution in [0.15, 0.2) is 0 Å². The standard InChI is InChI=1S/In.H3O4P.H4Si/c;1-5(2,3)4;/h;(H3,1,2,3,4);1H4/q+3;;/p-3. The van der Waals surface area contributed by atoms with Gasteiger partial charge in [-0.2, -0.15) is 7.82 Å². The summed E-state index contributed by atoms with van der Waals surface area (Å²) in [6, 6.07) is 0. The summed E-state index contributed by atoms with van der Waals surface area (Å²) in [6.07, 6.45) is 0. The van der Waals surface area contributed by atoms with Crippen molar-refractivity contribution in [1.29, 1.82) is 0 Å². The first-order chi connectivity index (χ1) is 2.00. The zero-order valence-electron chi connectivity index (χ0n) is 2.66. The molecule has 0 aromatic heterocycles. The minimum atomic E-state index is -5.39. The van der Waals surface area contributed by atoms with Crippen molar-refractivity contribution in [3.8, 4) is 0 Å². The van der Waals surface area contributed by atoms with Gasteiger partial charge in [0, 0.05) is 0 Å². The number of phosphoric acid groups is 1. The van der Waals surface area contributed by atoms with Crippen molar-refractivity contribution in [2.75, 3.05) is 0 Å². The van der Waals surface area contributed by atoms with Crippen LogP contribution in [-0.4, -0.2) is 36.8 Å². The van der Waals surface area contributed by atoms with Gasteiger partial charge in [0.25, 0.3) is 0 Å². The molecular formula is H4InO4PSi. The van der Waals surface area contributed by atoms with Crippen LogP contribution in [0.4, 0.5) is 0 Å². The fraction of sp³-hybridized carbons (Fsp3) is 0. The van der Waals surface area contributed by atoms with Crippen LogP contribution in [0.5, 0.6) is 0 Å². The van der Waals surface area contributed by atoms with E-state index < -0.39 is 7.82 Å². The molecule has 0 N–H and O–H groups in total. The Hall–Kier alpha value is 1.20. The third kappa shape index (κ3) is 136. The van der Waals surface area contributed by atoms with Crippen molar-refractivity contribution in [2.24, 2.45) is 0 Å². The number of hydrogen-bond donors (Lipinski definition) is 0. The second-order valence-electron chi connectivity index (χ2n) is 0.447. The molecule has 0 saturated carbocycles. The molecule has 7 heteroatoms. The van der Waals surface area contributed by atoms with Crippen molar-refractivity contribution in [2.45, 2.75) is 0 Å². The Labute approximate surface area is 64.0 Å². The summed E-state index contributed by atoms with van der Waals surface area (Å²) >= 11 is 0. The maximum atomic E-state index is 8.55. The van der Waals surface area contributed by atoms with Gasteiger partial charge in [-0.25, -0.2) is 0 Å². The van der Waals surface area contributed by atoms with E-state index in [9.17, 15) is 0 Å². The van der Waals surface area contributed by atoms with Gasteiger partial charge in [0.15, 0.2) is 0 Å².